The fourth-order valence-corrected chi connectivity index (χ4v) is 3.59. The van der Waals surface area contributed by atoms with E-state index in [-0.39, 0.29) is 5.54 Å². The summed E-state index contributed by atoms with van der Waals surface area (Å²) < 4.78 is 5.88. The third kappa shape index (κ3) is 4.12. The molecule has 1 unspecified atom stereocenters. The predicted molar refractivity (Wildman–Crippen MR) is 112 cm³/mol. The molecule has 0 aliphatic heterocycles. The lowest BCUT2D eigenvalue weighted by molar-refractivity contribution is 0.306. The summed E-state index contributed by atoms with van der Waals surface area (Å²) >= 11 is 0. The van der Waals surface area contributed by atoms with Gasteiger partial charge in [0, 0.05) is 12.1 Å². The maximum absolute atomic E-state index is 5.88. The van der Waals surface area contributed by atoms with Crippen molar-refractivity contribution in [1.82, 2.24) is 5.32 Å². The van der Waals surface area contributed by atoms with Gasteiger partial charge in [-0.1, -0.05) is 78.9 Å². The number of ether oxygens (including phenoxy) is 1. The summed E-state index contributed by atoms with van der Waals surface area (Å²) in [5.41, 5.74) is 5.09. The Morgan fingerprint density at radius 1 is 0.852 bits per heavy atom. The fraction of sp³-hybridized carbons (Fsp3) is 0.200. The van der Waals surface area contributed by atoms with Gasteiger partial charge in [0.05, 0.1) is 0 Å². The molecule has 2 nitrogen and oxygen atoms in total. The van der Waals surface area contributed by atoms with Crippen molar-refractivity contribution in [3.05, 3.63) is 107 Å². The van der Waals surface area contributed by atoms with Gasteiger partial charge in [0.1, 0.15) is 12.4 Å². The minimum absolute atomic E-state index is 0.0339. The van der Waals surface area contributed by atoms with Crippen LogP contribution in [0.3, 0.4) is 0 Å². The summed E-state index contributed by atoms with van der Waals surface area (Å²) in [7, 11) is 0. The molecule has 0 fully saturated rings. The van der Waals surface area contributed by atoms with Crippen molar-refractivity contribution < 1.29 is 4.74 Å². The van der Waals surface area contributed by atoms with Gasteiger partial charge in [-0.2, -0.15) is 0 Å². The van der Waals surface area contributed by atoms with Gasteiger partial charge in [0.2, 0.25) is 0 Å². The lowest BCUT2D eigenvalue weighted by Gasteiger charge is -2.34. The summed E-state index contributed by atoms with van der Waals surface area (Å²) in [5, 5.41) is 3.76. The third-order valence-electron chi connectivity index (χ3n) is 5.23. The highest BCUT2D eigenvalue weighted by atomic mass is 16.5. The van der Waals surface area contributed by atoms with Crippen LogP contribution in [0.25, 0.3) is 6.08 Å². The van der Waals surface area contributed by atoms with Gasteiger partial charge in [0.25, 0.3) is 0 Å². The second-order valence-electron chi connectivity index (χ2n) is 7.30. The maximum Gasteiger partial charge on any atom is 0.119 e. The van der Waals surface area contributed by atoms with E-state index < -0.39 is 0 Å². The zero-order valence-electron chi connectivity index (χ0n) is 15.7. The monoisotopic (exact) mass is 355 g/mol. The molecule has 27 heavy (non-hydrogen) atoms. The fourth-order valence-electron chi connectivity index (χ4n) is 3.59. The SMILES string of the molecule is CC1(NCc2ccc(OCc3ccccc3)cc2)CC=Cc2ccccc21. The molecule has 2 heteroatoms. The van der Waals surface area contributed by atoms with Crippen molar-refractivity contribution in [1.29, 1.82) is 0 Å². The largest absolute Gasteiger partial charge is 0.489 e. The van der Waals surface area contributed by atoms with Gasteiger partial charge in [-0.15, -0.1) is 0 Å². The number of benzene rings is 3. The molecule has 1 aliphatic rings. The Bertz CT molecular complexity index is 915. The highest BCUT2D eigenvalue weighted by Crippen LogP contribution is 2.33. The van der Waals surface area contributed by atoms with Crippen LogP contribution in [0.2, 0.25) is 0 Å². The number of hydrogen-bond donors (Lipinski definition) is 1. The Labute approximate surface area is 161 Å². The molecule has 1 N–H and O–H groups in total. The van der Waals surface area contributed by atoms with E-state index in [0.717, 1.165) is 18.7 Å². The smallest absolute Gasteiger partial charge is 0.119 e. The van der Waals surface area contributed by atoms with E-state index in [1.807, 2.05) is 18.2 Å². The minimum atomic E-state index is -0.0339. The molecule has 136 valence electrons. The first kappa shape index (κ1) is 17.6. The summed E-state index contributed by atoms with van der Waals surface area (Å²) in [6, 6.07) is 27.3. The molecule has 0 aromatic heterocycles. The van der Waals surface area contributed by atoms with Crippen LogP contribution >= 0.6 is 0 Å². The van der Waals surface area contributed by atoms with Crippen molar-refractivity contribution in [2.45, 2.75) is 32.0 Å². The van der Waals surface area contributed by atoms with Gasteiger partial charge in [-0.25, -0.2) is 0 Å². The minimum Gasteiger partial charge on any atom is -0.489 e. The van der Waals surface area contributed by atoms with E-state index >= 15 is 0 Å². The maximum atomic E-state index is 5.88. The Morgan fingerprint density at radius 2 is 1.59 bits per heavy atom. The second kappa shape index (κ2) is 7.81. The molecule has 0 saturated carbocycles. The van der Waals surface area contributed by atoms with E-state index in [9.17, 15) is 0 Å². The Balaban J connectivity index is 1.37. The molecule has 1 aliphatic carbocycles. The highest BCUT2D eigenvalue weighted by Gasteiger charge is 2.28. The van der Waals surface area contributed by atoms with Crippen LogP contribution in [0.1, 0.15) is 35.6 Å². The molecule has 0 heterocycles. The van der Waals surface area contributed by atoms with Crippen molar-refractivity contribution in [3.8, 4) is 5.75 Å². The molecule has 4 rings (SSSR count). The van der Waals surface area contributed by atoms with Crippen LogP contribution in [0.4, 0.5) is 0 Å². The van der Waals surface area contributed by atoms with Gasteiger partial charge in [-0.05, 0) is 47.7 Å². The van der Waals surface area contributed by atoms with E-state index in [1.54, 1.807) is 0 Å². The molecule has 0 radical (unpaired) electrons. The van der Waals surface area contributed by atoms with Crippen molar-refractivity contribution in [2.24, 2.45) is 0 Å². The lowest BCUT2D eigenvalue weighted by atomic mass is 9.81. The van der Waals surface area contributed by atoms with Crippen LogP contribution in [0.5, 0.6) is 5.75 Å². The quantitative estimate of drug-likeness (QED) is 0.613. The van der Waals surface area contributed by atoms with Crippen molar-refractivity contribution >= 4 is 6.08 Å². The van der Waals surface area contributed by atoms with Crippen LogP contribution in [-0.4, -0.2) is 0 Å². The summed E-state index contributed by atoms with van der Waals surface area (Å²) in [6.07, 6.45) is 5.48. The number of nitrogens with one attached hydrogen (secondary N) is 1. The van der Waals surface area contributed by atoms with E-state index in [0.29, 0.717) is 6.61 Å². The second-order valence-corrected chi connectivity index (χ2v) is 7.30. The number of rotatable bonds is 6. The molecule has 0 spiro atoms. The predicted octanol–water partition coefficient (Wildman–Crippen LogP) is 5.69. The zero-order valence-corrected chi connectivity index (χ0v) is 15.7. The number of fused-ring (bicyclic) bond motifs is 1. The number of hydrogen-bond acceptors (Lipinski definition) is 2. The van der Waals surface area contributed by atoms with E-state index in [2.05, 4.69) is 85.1 Å². The first-order chi connectivity index (χ1) is 13.2. The van der Waals surface area contributed by atoms with E-state index in [4.69, 9.17) is 4.74 Å². The van der Waals surface area contributed by atoms with Gasteiger partial charge >= 0.3 is 0 Å². The van der Waals surface area contributed by atoms with Gasteiger partial charge in [0.15, 0.2) is 0 Å². The third-order valence-corrected chi connectivity index (χ3v) is 5.23. The molecule has 0 bridgehead atoms. The molecular formula is C25H25NO. The summed E-state index contributed by atoms with van der Waals surface area (Å²) in [6.45, 7) is 3.71. The lowest BCUT2D eigenvalue weighted by Crippen LogP contribution is -2.40. The normalized spacial score (nSPS) is 18.1. The van der Waals surface area contributed by atoms with Gasteiger partial charge < -0.3 is 10.1 Å². The van der Waals surface area contributed by atoms with Crippen LogP contribution in [-0.2, 0) is 18.7 Å². The topological polar surface area (TPSA) is 21.3 Å². The molecule has 3 aromatic rings. The van der Waals surface area contributed by atoms with Crippen molar-refractivity contribution in [3.63, 3.8) is 0 Å². The average Bonchev–Trinajstić information content (AvgIpc) is 2.73. The van der Waals surface area contributed by atoms with Crippen LogP contribution in [0.15, 0.2) is 84.9 Å². The molecule has 0 amide bonds. The zero-order chi connectivity index (χ0) is 18.5. The molecule has 1 atom stereocenters. The summed E-state index contributed by atoms with van der Waals surface area (Å²) in [5.74, 6) is 0.903. The Hall–Kier alpha value is -2.84. The standard InChI is InChI=1S/C25H25NO/c1-25(17-7-11-22-10-5-6-12-24(22)25)26-18-20-13-15-23(16-14-20)27-19-21-8-3-2-4-9-21/h2-16,26H,17-19H2,1H3. The first-order valence-corrected chi connectivity index (χ1v) is 9.50. The van der Waals surface area contributed by atoms with Gasteiger partial charge in [-0.3, -0.25) is 0 Å². The molecule has 0 saturated heterocycles. The Kier molecular flexibility index (Phi) is 5.08. The molecule has 3 aromatic carbocycles. The first-order valence-electron chi connectivity index (χ1n) is 9.50. The highest BCUT2D eigenvalue weighted by molar-refractivity contribution is 5.59. The average molecular weight is 355 g/mol. The van der Waals surface area contributed by atoms with E-state index in [1.165, 1.54) is 22.3 Å². The van der Waals surface area contributed by atoms with Crippen LogP contribution < -0.4 is 10.1 Å². The molecular weight excluding hydrogens is 330 g/mol. The summed E-state index contributed by atoms with van der Waals surface area (Å²) in [4.78, 5) is 0. The van der Waals surface area contributed by atoms with Crippen molar-refractivity contribution in [2.75, 3.05) is 0 Å². The Morgan fingerprint density at radius 3 is 2.41 bits per heavy atom. The van der Waals surface area contributed by atoms with Crippen LogP contribution in [0, 0.1) is 0 Å².